The smallest absolute Gasteiger partial charge is 0.331 e. The van der Waals surface area contributed by atoms with E-state index in [4.69, 9.17) is 38.6 Å². The summed E-state index contributed by atoms with van der Waals surface area (Å²) < 4.78 is 4.73. The zero-order chi connectivity index (χ0) is 16.7. The predicted octanol–water partition coefficient (Wildman–Crippen LogP) is 3.30. The average Bonchev–Trinajstić information content (AvgIpc) is 2.46. The van der Waals surface area contributed by atoms with Crippen molar-refractivity contribution in [1.82, 2.24) is 0 Å². The lowest BCUT2D eigenvalue weighted by atomic mass is 10.0. The molecule has 1 aromatic rings. The van der Waals surface area contributed by atoms with Gasteiger partial charge in [0.1, 0.15) is 5.92 Å². The number of nitrogens with zero attached hydrogens (tertiary/aromatic N) is 1. The number of carbonyl (C=O) groups is 2. The third-order valence-corrected chi connectivity index (χ3v) is 3.34. The van der Waals surface area contributed by atoms with Crippen LogP contribution in [0.1, 0.15) is 12.5 Å². The summed E-state index contributed by atoms with van der Waals surface area (Å²) in [5.74, 6) is -2.56. The average molecular weight is 339 g/mol. The molecule has 0 aliphatic heterocycles. The van der Waals surface area contributed by atoms with E-state index in [-0.39, 0.29) is 5.71 Å². The normalized spacial score (nSPS) is 11.7. The van der Waals surface area contributed by atoms with Crippen LogP contribution in [0.2, 0.25) is 10.0 Å². The monoisotopic (exact) mass is 338 g/mol. The van der Waals surface area contributed by atoms with Crippen LogP contribution < -0.4 is 0 Å². The van der Waals surface area contributed by atoms with Crippen LogP contribution in [0.15, 0.2) is 24.3 Å². The Morgan fingerprint density at radius 1 is 1.41 bits per heavy atom. The van der Waals surface area contributed by atoms with Gasteiger partial charge < -0.3 is 10.1 Å². The first kappa shape index (κ1) is 17.9. The van der Waals surface area contributed by atoms with E-state index >= 15 is 0 Å². The van der Waals surface area contributed by atoms with Crippen LogP contribution in [0, 0.1) is 22.7 Å². The van der Waals surface area contributed by atoms with Gasteiger partial charge in [0, 0.05) is 11.8 Å². The second-order valence-electron chi connectivity index (χ2n) is 4.33. The second kappa shape index (κ2) is 8.32. The summed E-state index contributed by atoms with van der Waals surface area (Å²) in [6.45, 7) is 0.788. The first-order valence-electron chi connectivity index (χ1n) is 6.12. The SMILES string of the molecule is CC(=N)C(C#N)C(=O)COC(=O)/C=C/c1ccc(Cl)c(Cl)c1. The minimum Gasteiger partial charge on any atom is -0.454 e. The molecule has 1 unspecified atom stereocenters. The molecule has 0 saturated heterocycles. The third-order valence-electron chi connectivity index (χ3n) is 2.60. The lowest BCUT2D eigenvalue weighted by Crippen LogP contribution is -2.25. The summed E-state index contributed by atoms with van der Waals surface area (Å²) >= 11 is 11.6. The van der Waals surface area contributed by atoms with Crippen molar-refractivity contribution < 1.29 is 14.3 Å². The van der Waals surface area contributed by atoms with Crippen LogP contribution in [0.3, 0.4) is 0 Å². The maximum Gasteiger partial charge on any atom is 0.331 e. The lowest BCUT2D eigenvalue weighted by Gasteiger charge is -2.06. The molecule has 1 rings (SSSR count). The molecular formula is C15H12Cl2N2O3. The zero-order valence-corrected chi connectivity index (χ0v) is 13.1. The standard InChI is InChI=1S/C15H12Cl2N2O3/c1-9(19)11(7-18)14(20)8-22-15(21)5-3-10-2-4-12(16)13(17)6-10/h2-6,11,19H,8H2,1H3/b5-3+,19-9?. The molecule has 0 aliphatic rings. The number of rotatable bonds is 6. The molecule has 1 aromatic carbocycles. The number of hydrogen-bond donors (Lipinski definition) is 1. The van der Waals surface area contributed by atoms with Crippen molar-refractivity contribution in [3.05, 3.63) is 39.9 Å². The summed E-state index contributed by atoms with van der Waals surface area (Å²) in [5, 5.41) is 16.8. The van der Waals surface area contributed by atoms with E-state index in [0.29, 0.717) is 15.6 Å². The summed E-state index contributed by atoms with van der Waals surface area (Å²) in [5.41, 5.74) is 0.554. The largest absolute Gasteiger partial charge is 0.454 e. The Bertz CT molecular complexity index is 678. The lowest BCUT2D eigenvalue weighted by molar-refractivity contribution is -0.143. The van der Waals surface area contributed by atoms with Gasteiger partial charge in [0.05, 0.1) is 16.1 Å². The molecule has 0 heterocycles. The van der Waals surface area contributed by atoms with Crippen molar-refractivity contribution in [3.63, 3.8) is 0 Å². The molecule has 0 aliphatic carbocycles. The molecule has 7 heteroatoms. The number of ether oxygens (including phenoxy) is 1. The number of esters is 1. The predicted molar refractivity (Wildman–Crippen MR) is 84.0 cm³/mol. The molecule has 0 fully saturated rings. The fourth-order valence-corrected chi connectivity index (χ4v) is 1.77. The summed E-state index contributed by atoms with van der Waals surface area (Å²) in [4.78, 5) is 23.1. The summed E-state index contributed by atoms with van der Waals surface area (Å²) in [6.07, 6.45) is 2.59. The minimum absolute atomic E-state index is 0.0881. The zero-order valence-electron chi connectivity index (χ0n) is 11.6. The molecule has 1 N–H and O–H groups in total. The molecule has 5 nitrogen and oxygen atoms in total. The van der Waals surface area contributed by atoms with Crippen LogP contribution in [0.5, 0.6) is 0 Å². The summed E-state index contributed by atoms with van der Waals surface area (Å²) in [6, 6.07) is 6.50. The van der Waals surface area contributed by atoms with Gasteiger partial charge >= 0.3 is 5.97 Å². The van der Waals surface area contributed by atoms with E-state index in [0.717, 1.165) is 6.08 Å². The highest BCUT2D eigenvalue weighted by Crippen LogP contribution is 2.23. The van der Waals surface area contributed by atoms with Gasteiger partial charge in [-0.1, -0.05) is 29.3 Å². The minimum atomic E-state index is -1.19. The number of nitrogens with one attached hydrogen (secondary N) is 1. The van der Waals surface area contributed by atoms with Crippen LogP contribution in [0.25, 0.3) is 6.08 Å². The van der Waals surface area contributed by atoms with Crippen molar-refractivity contribution in [2.24, 2.45) is 5.92 Å². The molecule has 114 valence electrons. The van der Waals surface area contributed by atoms with E-state index < -0.39 is 24.3 Å². The van der Waals surface area contributed by atoms with E-state index in [1.807, 2.05) is 0 Å². The summed E-state index contributed by atoms with van der Waals surface area (Å²) in [7, 11) is 0. The number of hydrogen-bond acceptors (Lipinski definition) is 5. The molecule has 0 aromatic heterocycles. The number of carbonyl (C=O) groups excluding carboxylic acids is 2. The highest BCUT2D eigenvalue weighted by Gasteiger charge is 2.20. The van der Waals surface area contributed by atoms with Crippen LogP contribution >= 0.6 is 23.2 Å². The first-order chi connectivity index (χ1) is 10.3. The maximum atomic E-state index is 11.6. The number of nitriles is 1. The van der Waals surface area contributed by atoms with E-state index in [1.54, 1.807) is 24.3 Å². The number of halogens is 2. The van der Waals surface area contributed by atoms with Gasteiger partial charge in [-0.15, -0.1) is 0 Å². The van der Waals surface area contributed by atoms with Crippen molar-refractivity contribution in [3.8, 4) is 6.07 Å². The fourth-order valence-electron chi connectivity index (χ4n) is 1.46. The highest BCUT2D eigenvalue weighted by atomic mass is 35.5. The third kappa shape index (κ3) is 5.32. The number of ketones is 1. The van der Waals surface area contributed by atoms with E-state index in [9.17, 15) is 9.59 Å². The Labute approximate surface area is 137 Å². The molecule has 0 bridgehead atoms. The Morgan fingerprint density at radius 3 is 2.64 bits per heavy atom. The number of Topliss-reactive ketones (excluding diaryl/α,β-unsaturated/α-hetero) is 1. The molecule has 0 radical (unpaired) electrons. The Morgan fingerprint density at radius 2 is 2.09 bits per heavy atom. The topological polar surface area (TPSA) is 91.0 Å². The highest BCUT2D eigenvalue weighted by molar-refractivity contribution is 6.42. The van der Waals surface area contributed by atoms with Crippen molar-refractivity contribution in [2.75, 3.05) is 6.61 Å². The Hall–Kier alpha value is -2.16. The van der Waals surface area contributed by atoms with Crippen LogP contribution in [0.4, 0.5) is 0 Å². The molecule has 1 atom stereocenters. The molecule has 0 spiro atoms. The molecule has 0 amide bonds. The maximum absolute atomic E-state index is 11.6. The van der Waals surface area contributed by atoms with Crippen molar-refractivity contribution in [1.29, 1.82) is 10.7 Å². The van der Waals surface area contributed by atoms with Gasteiger partial charge in [-0.05, 0) is 30.7 Å². The number of benzene rings is 1. The fraction of sp³-hybridized carbons (Fsp3) is 0.200. The van der Waals surface area contributed by atoms with Gasteiger partial charge in [0.2, 0.25) is 0 Å². The van der Waals surface area contributed by atoms with Gasteiger partial charge in [0.25, 0.3) is 0 Å². The van der Waals surface area contributed by atoms with Gasteiger partial charge in [0.15, 0.2) is 12.4 Å². The first-order valence-corrected chi connectivity index (χ1v) is 6.88. The van der Waals surface area contributed by atoms with E-state index in [1.165, 1.54) is 13.0 Å². The van der Waals surface area contributed by atoms with Crippen molar-refractivity contribution in [2.45, 2.75) is 6.92 Å². The van der Waals surface area contributed by atoms with E-state index in [2.05, 4.69) is 0 Å². The van der Waals surface area contributed by atoms with Gasteiger partial charge in [-0.2, -0.15) is 5.26 Å². The molecule has 22 heavy (non-hydrogen) atoms. The quantitative estimate of drug-likeness (QED) is 0.489. The van der Waals surface area contributed by atoms with Gasteiger partial charge in [-0.25, -0.2) is 4.79 Å². The van der Waals surface area contributed by atoms with Gasteiger partial charge in [-0.3, -0.25) is 4.79 Å². The second-order valence-corrected chi connectivity index (χ2v) is 5.14. The molecular weight excluding hydrogens is 327 g/mol. The molecule has 0 saturated carbocycles. The Balaban J connectivity index is 2.58. The van der Waals surface area contributed by atoms with Crippen LogP contribution in [-0.4, -0.2) is 24.1 Å². The van der Waals surface area contributed by atoms with Crippen molar-refractivity contribution >= 4 is 46.7 Å². The Kier molecular flexibility index (Phi) is 6.77. The van der Waals surface area contributed by atoms with Crippen LogP contribution in [-0.2, 0) is 14.3 Å².